The third-order valence-corrected chi connectivity index (χ3v) is 10.8. The van der Waals surface area contributed by atoms with Crippen LogP contribution in [0.1, 0.15) is 56.3 Å². The van der Waals surface area contributed by atoms with E-state index in [0.717, 1.165) is 86.4 Å². The molecule has 0 unspecified atom stereocenters. The summed E-state index contributed by atoms with van der Waals surface area (Å²) in [5.74, 6) is 1.32. The van der Waals surface area contributed by atoms with E-state index in [1.54, 1.807) is 36.9 Å². The van der Waals surface area contributed by atoms with Gasteiger partial charge in [0.25, 0.3) is 11.8 Å². The van der Waals surface area contributed by atoms with E-state index in [1.165, 1.54) is 16.0 Å². The van der Waals surface area contributed by atoms with Crippen LogP contribution < -0.4 is 9.47 Å². The summed E-state index contributed by atoms with van der Waals surface area (Å²) in [6.07, 6.45) is 3.71. The van der Waals surface area contributed by atoms with Crippen LogP contribution in [0.15, 0.2) is 57.9 Å². The lowest BCUT2D eigenvalue weighted by Gasteiger charge is -2.32. The molecule has 8 rings (SSSR count). The number of fused-ring (bicyclic) bond motifs is 10. The number of rotatable bonds is 6. The van der Waals surface area contributed by atoms with Crippen LogP contribution in [0.5, 0.6) is 11.5 Å². The van der Waals surface area contributed by atoms with Crippen molar-refractivity contribution in [2.24, 2.45) is 0 Å². The number of nitrogens with zero attached hydrogens (tertiary/aromatic N) is 1. The highest BCUT2D eigenvalue weighted by Gasteiger charge is 2.44. The van der Waals surface area contributed by atoms with Crippen molar-refractivity contribution in [2.45, 2.75) is 39.0 Å². The molecule has 1 aliphatic heterocycles. The van der Waals surface area contributed by atoms with Crippen LogP contribution in [0.3, 0.4) is 0 Å². The molecule has 0 N–H and O–H groups in total. The molecule has 5 aromatic rings. The molecule has 0 radical (unpaired) electrons. The summed E-state index contributed by atoms with van der Waals surface area (Å²) in [6.45, 7) is 2.44. The van der Waals surface area contributed by atoms with Crippen LogP contribution in [0, 0.1) is 0 Å². The monoisotopic (exact) mass is 617 g/mol. The van der Waals surface area contributed by atoms with Crippen molar-refractivity contribution in [3.05, 3.63) is 91.3 Å². The lowest BCUT2D eigenvalue weighted by atomic mass is 9.71. The van der Waals surface area contributed by atoms with Gasteiger partial charge < -0.3 is 9.47 Å². The van der Waals surface area contributed by atoms with Crippen molar-refractivity contribution in [3.63, 3.8) is 0 Å². The molecule has 7 heteroatoms. The van der Waals surface area contributed by atoms with Gasteiger partial charge in [0.05, 0.1) is 25.3 Å². The summed E-state index contributed by atoms with van der Waals surface area (Å²) >= 11 is 3.34. The van der Waals surface area contributed by atoms with E-state index in [0.29, 0.717) is 30.5 Å². The number of thiophene rings is 2. The number of hydrogen-bond acceptors (Lipinski definition) is 6. The first kappa shape index (κ1) is 27.4. The third-order valence-electron chi connectivity index (χ3n) is 9.41. The van der Waals surface area contributed by atoms with E-state index in [4.69, 9.17) is 9.47 Å². The van der Waals surface area contributed by atoms with Gasteiger partial charge in [0, 0.05) is 17.7 Å². The Labute approximate surface area is 264 Å². The smallest absolute Gasteiger partial charge is 0.261 e. The highest BCUT2D eigenvalue weighted by molar-refractivity contribution is 7.08. The average molecular weight is 618 g/mol. The average Bonchev–Trinajstić information content (AvgIpc) is 3.83. The van der Waals surface area contributed by atoms with Crippen molar-refractivity contribution in [3.8, 4) is 56.0 Å². The van der Waals surface area contributed by atoms with E-state index < -0.39 is 0 Å². The summed E-state index contributed by atoms with van der Waals surface area (Å²) in [5.41, 5.74) is 14.4. The van der Waals surface area contributed by atoms with E-state index >= 15 is 0 Å². The number of amides is 2. The molecule has 3 aromatic carbocycles. The van der Waals surface area contributed by atoms with Crippen LogP contribution >= 0.6 is 22.7 Å². The van der Waals surface area contributed by atoms with Crippen LogP contribution in [-0.4, -0.2) is 37.5 Å². The zero-order valence-electron chi connectivity index (χ0n) is 24.9. The van der Waals surface area contributed by atoms with Gasteiger partial charge in [0.15, 0.2) is 0 Å². The first-order valence-electron chi connectivity index (χ1n) is 15.1. The van der Waals surface area contributed by atoms with Gasteiger partial charge in [-0.25, -0.2) is 0 Å². The molecule has 2 aromatic heterocycles. The number of imide groups is 1. The highest BCUT2D eigenvalue weighted by Crippen LogP contribution is 2.53. The van der Waals surface area contributed by atoms with Gasteiger partial charge in [-0.1, -0.05) is 6.92 Å². The number of ether oxygens (including phenoxy) is 2. The molecule has 3 aliphatic rings. The summed E-state index contributed by atoms with van der Waals surface area (Å²) in [5, 5.41) is 8.47. The molecule has 0 saturated carbocycles. The van der Waals surface area contributed by atoms with Crippen molar-refractivity contribution in [1.29, 1.82) is 0 Å². The van der Waals surface area contributed by atoms with Crippen molar-refractivity contribution < 1.29 is 19.1 Å². The molecule has 0 fully saturated rings. The molecule has 0 spiro atoms. The van der Waals surface area contributed by atoms with Crippen molar-refractivity contribution in [2.75, 3.05) is 20.8 Å². The molecule has 0 bridgehead atoms. The van der Waals surface area contributed by atoms with Crippen LogP contribution in [-0.2, 0) is 25.7 Å². The second kappa shape index (κ2) is 10.5. The molecule has 3 heterocycles. The van der Waals surface area contributed by atoms with Gasteiger partial charge in [-0.05, 0) is 146 Å². The number of aryl methyl sites for hydroxylation is 2. The maximum absolute atomic E-state index is 14.0. The number of hydrogen-bond donors (Lipinski definition) is 0. The van der Waals surface area contributed by atoms with Gasteiger partial charge in [-0.15, -0.1) is 0 Å². The van der Waals surface area contributed by atoms with E-state index in [9.17, 15) is 9.59 Å². The Kier molecular flexibility index (Phi) is 6.50. The minimum absolute atomic E-state index is 0.146. The molecule has 2 aliphatic carbocycles. The van der Waals surface area contributed by atoms with Crippen molar-refractivity contribution >= 4 is 34.5 Å². The molecule has 5 nitrogen and oxygen atoms in total. The lowest BCUT2D eigenvalue weighted by Crippen LogP contribution is -2.30. The summed E-state index contributed by atoms with van der Waals surface area (Å²) in [7, 11) is 3.44. The minimum Gasteiger partial charge on any atom is -0.496 e. The Hall–Kier alpha value is -4.20. The summed E-state index contributed by atoms with van der Waals surface area (Å²) < 4.78 is 12.0. The van der Waals surface area contributed by atoms with E-state index in [-0.39, 0.29) is 11.8 Å². The first-order chi connectivity index (χ1) is 21.5. The Morgan fingerprint density at radius 1 is 0.659 bits per heavy atom. The minimum atomic E-state index is -0.146. The SMILES string of the molecule is CCCN1C(=O)c2c3c(c4c(c2C1=O)CCc1cc(-c2ccsc2)c(OC)cc1-4)-c1cc(OC)c(-c2ccsc2)cc1CC3. The number of methoxy groups -OCH3 is 2. The second-order valence-electron chi connectivity index (χ2n) is 11.7. The van der Waals surface area contributed by atoms with Crippen molar-refractivity contribution in [1.82, 2.24) is 4.90 Å². The Bertz CT molecular complexity index is 1850. The topological polar surface area (TPSA) is 55.8 Å². The van der Waals surface area contributed by atoms with Crippen LogP contribution in [0.4, 0.5) is 0 Å². The summed E-state index contributed by atoms with van der Waals surface area (Å²) in [4.78, 5) is 29.4. The fourth-order valence-electron chi connectivity index (χ4n) is 7.48. The predicted octanol–water partition coefficient (Wildman–Crippen LogP) is 8.70. The molecule has 0 saturated heterocycles. The predicted molar refractivity (Wildman–Crippen MR) is 178 cm³/mol. The normalized spacial score (nSPS) is 14.6. The second-order valence-corrected chi connectivity index (χ2v) is 13.2. The van der Waals surface area contributed by atoms with E-state index in [2.05, 4.69) is 57.9 Å². The maximum Gasteiger partial charge on any atom is 0.261 e. The largest absolute Gasteiger partial charge is 0.496 e. The van der Waals surface area contributed by atoms with E-state index in [1.807, 2.05) is 6.92 Å². The van der Waals surface area contributed by atoms with Gasteiger partial charge >= 0.3 is 0 Å². The fourth-order valence-corrected chi connectivity index (χ4v) is 8.79. The molecule has 220 valence electrons. The molecule has 44 heavy (non-hydrogen) atoms. The van der Waals surface area contributed by atoms with Crippen LogP contribution in [0.25, 0.3) is 44.5 Å². The maximum atomic E-state index is 14.0. The summed E-state index contributed by atoms with van der Waals surface area (Å²) in [6, 6.07) is 13.1. The Morgan fingerprint density at radius 2 is 1.14 bits per heavy atom. The van der Waals surface area contributed by atoms with Gasteiger partial charge in [0.2, 0.25) is 0 Å². The number of benzene rings is 3. The molecule has 0 atom stereocenters. The Morgan fingerprint density at radius 3 is 1.52 bits per heavy atom. The molecular formula is C37H31NO4S2. The first-order valence-corrected chi connectivity index (χ1v) is 17.0. The molecule has 2 amide bonds. The zero-order chi connectivity index (χ0) is 30.1. The fraction of sp³-hybridized carbons (Fsp3) is 0.243. The zero-order valence-corrected chi connectivity index (χ0v) is 26.5. The number of carbonyl (C=O) groups excluding carboxylic acids is 2. The quantitative estimate of drug-likeness (QED) is 0.179. The standard InChI is InChI=1S/C37H31NO4S2/c1-4-11-38-36(39)34-24-7-5-20-14-26(22-9-12-43-18-22)30(41-2)16-28(20)32(24)33-25(35(34)37(38)40)8-6-21-15-27(23-10-13-44-19-23)31(42-3)17-29(21)33/h9-10,12-19H,4-8,11H2,1-3H3. The van der Waals surface area contributed by atoms with Gasteiger partial charge in [-0.3, -0.25) is 14.5 Å². The Balaban J connectivity index is 1.45. The number of carbonyl (C=O) groups is 2. The lowest BCUT2D eigenvalue weighted by molar-refractivity contribution is 0.0653. The van der Waals surface area contributed by atoms with Gasteiger partial charge in [0.1, 0.15) is 11.5 Å². The highest BCUT2D eigenvalue weighted by atomic mass is 32.1. The van der Waals surface area contributed by atoms with Crippen LogP contribution in [0.2, 0.25) is 0 Å². The third kappa shape index (κ3) is 3.88. The van der Waals surface area contributed by atoms with Gasteiger partial charge in [-0.2, -0.15) is 22.7 Å². The molecular weight excluding hydrogens is 587 g/mol.